The smallest absolute Gasteiger partial charge is 0.177 e. The van der Waals surface area contributed by atoms with Crippen LogP contribution < -0.4 is 0 Å². The van der Waals surface area contributed by atoms with Crippen molar-refractivity contribution < 1.29 is 13.2 Å². The first-order valence-corrected chi connectivity index (χ1v) is 6.92. The Morgan fingerprint density at radius 2 is 1.75 bits per heavy atom. The van der Waals surface area contributed by atoms with E-state index in [0.29, 0.717) is 10.6 Å². The number of benzene rings is 1. The summed E-state index contributed by atoms with van der Waals surface area (Å²) in [6.07, 6.45) is 0. The Balaban J connectivity index is 2.85. The number of hydrogen-bond donors (Lipinski definition) is 0. The molecule has 0 bridgehead atoms. The van der Waals surface area contributed by atoms with Crippen LogP contribution in [0.25, 0.3) is 0 Å². The first kappa shape index (κ1) is 13.2. The third-order valence-corrected chi connectivity index (χ3v) is 4.57. The molecule has 0 saturated carbocycles. The van der Waals surface area contributed by atoms with Crippen LogP contribution in [0.2, 0.25) is 5.02 Å². The van der Waals surface area contributed by atoms with Gasteiger partial charge in [0.05, 0.1) is 5.25 Å². The van der Waals surface area contributed by atoms with Crippen molar-refractivity contribution in [2.24, 2.45) is 0 Å². The predicted molar refractivity (Wildman–Crippen MR) is 64.7 cm³/mol. The molecule has 0 N–H and O–H groups in total. The molecule has 0 radical (unpaired) electrons. The van der Waals surface area contributed by atoms with Crippen LogP contribution in [0.5, 0.6) is 0 Å². The molecular formula is C11H13ClO3S. The van der Waals surface area contributed by atoms with Crippen LogP contribution >= 0.6 is 11.6 Å². The molecule has 0 atom stereocenters. The van der Waals surface area contributed by atoms with Crippen LogP contribution in [0.3, 0.4) is 0 Å². The third kappa shape index (κ3) is 3.32. The van der Waals surface area contributed by atoms with E-state index in [1.807, 2.05) is 0 Å². The molecule has 0 heterocycles. The topological polar surface area (TPSA) is 51.2 Å². The lowest BCUT2D eigenvalue weighted by molar-refractivity contribution is 0.102. The third-order valence-electron chi connectivity index (χ3n) is 2.22. The molecule has 0 spiro atoms. The van der Waals surface area contributed by atoms with Gasteiger partial charge in [-0.3, -0.25) is 4.79 Å². The fourth-order valence-corrected chi connectivity index (χ4v) is 2.06. The highest BCUT2D eigenvalue weighted by Crippen LogP contribution is 2.11. The van der Waals surface area contributed by atoms with Crippen LogP contribution in [0.4, 0.5) is 0 Å². The van der Waals surface area contributed by atoms with E-state index in [0.717, 1.165) is 0 Å². The molecule has 1 aromatic rings. The summed E-state index contributed by atoms with van der Waals surface area (Å²) in [5, 5.41) is -0.0213. The minimum absolute atomic E-state index is 0.369. The van der Waals surface area contributed by atoms with Gasteiger partial charge in [0.2, 0.25) is 0 Å². The number of carbonyl (C=O) groups is 1. The standard InChI is InChI=1S/C11H13ClO3S/c1-8(2)16(14,15)7-11(13)9-3-5-10(12)6-4-9/h3-6,8H,7H2,1-2H3. The summed E-state index contributed by atoms with van der Waals surface area (Å²) in [5.74, 6) is -0.850. The van der Waals surface area contributed by atoms with Gasteiger partial charge in [-0.05, 0) is 38.1 Å². The van der Waals surface area contributed by atoms with Crippen LogP contribution in [0.1, 0.15) is 24.2 Å². The molecule has 0 aliphatic rings. The van der Waals surface area contributed by atoms with E-state index in [9.17, 15) is 13.2 Å². The molecule has 0 fully saturated rings. The summed E-state index contributed by atoms with van der Waals surface area (Å²) in [6.45, 7) is 3.12. The summed E-state index contributed by atoms with van der Waals surface area (Å²) in [5.41, 5.74) is 0.369. The summed E-state index contributed by atoms with van der Waals surface area (Å²) >= 11 is 5.67. The molecule has 0 unspecified atom stereocenters. The maximum Gasteiger partial charge on any atom is 0.177 e. The molecule has 88 valence electrons. The zero-order valence-corrected chi connectivity index (χ0v) is 10.7. The number of sulfone groups is 1. The molecular weight excluding hydrogens is 248 g/mol. The van der Waals surface area contributed by atoms with Crippen molar-refractivity contribution in [2.45, 2.75) is 19.1 Å². The molecule has 3 nitrogen and oxygen atoms in total. The van der Waals surface area contributed by atoms with Gasteiger partial charge < -0.3 is 0 Å². The number of ketones is 1. The van der Waals surface area contributed by atoms with Crippen LogP contribution in [0.15, 0.2) is 24.3 Å². The Labute approximate surface area is 100 Å². The Bertz CT molecular complexity index is 474. The van der Waals surface area contributed by atoms with E-state index in [2.05, 4.69) is 0 Å². The second-order valence-electron chi connectivity index (χ2n) is 3.79. The lowest BCUT2D eigenvalue weighted by atomic mass is 10.1. The molecule has 16 heavy (non-hydrogen) atoms. The molecule has 0 aliphatic carbocycles. The van der Waals surface area contributed by atoms with Gasteiger partial charge in [-0.2, -0.15) is 0 Å². The number of carbonyl (C=O) groups excluding carboxylic acids is 1. The van der Waals surface area contributed by atoms with Gasteiger partial charge in [-0.1, -0.05) is 11.6 Å². The number of Topliss-reactive ketones (excluding diaryl/α,β-unsaturated/α-hetero) is 1. The maximum atomic E-state index is 11.7. The van der Waals surface area contributed by atoms with Gasteiger partial charge in [0.25, 0.3) is 0 Å². The highest BCUT2D eigenvalue weighted by atomic mass is 35.5. The molecule has 0 aliphatic heterocycles. The van der Waals surface area contributed by atoms with Gasteiger partial charge in [0.1, 0.15) is 5.75 Å². The van der Waals surface area contributed by atoms with E-state index in [1.165, 1.54) is 12.1 Å². The Hall–Kier alpha value is -0.870. The summed E-state index contributed by atoms with van der Waals surface area (Å²) in [7, 11) is -3.34. The van der Waals surface area contributed by atoms with Gasteiger partial charge >= 0.3 is 0 Å². The van der Waals surface area contributed by atoms with Gasteiger partial charge in [-0.15, -0.1) is 0 Å². The van der Waals surface area contributed by atoms with E-state index in [4.69, 9.17) is 11.6 Å². The van der Waals surface area contributed by atoms with E-state index >= 15 is 0 Å². The average molecular weight is 261 g/mol. The van der Waals surface area contributed by atoms with Crippen molar-refractivity contribution in [3.63, 3.8) is 0 Å². The molecule has 0 saturated heterocycles. The summed E-state index contributed by atoms with van der Waals surface area (Å²) in [6, 6.07) is 6.19. The largest absolute Gasteiger partial charge is 0.293 e. The van der Waals surface area contributed by atoms with Gasteiger partial charge in [0.15, 0.2) is 15.6 Å². The molecule has 1 rings (SSSR count). The van der Waals surface area contributed by atoms with Gasteiger partial charge in [-0.25, -0.2) is 8.42 Å². The maximum absolute atomic E-state index is 11.7. The van der Waals surface area contributed by atoms with Crippen molar-refractivity contribution in [3.05, 3.63) is 34.9 Å². The van der Waals surface area contributed by atoms with E-state index < -0.39 is 26.6 Å². The first-order chi connectivity index (χ1) is 7.33. The van der Waals surface area contributed by atoms with E-state index in [1.54, 1.807) is 26.0 Å². The highest BCUT2D eigenvalue weighted by Gasteiger charge is 2.21. The summed E-state index contributed by atoms with van der Waals surface area (Å²) < 4.78 is 23.1. The number of halogens is 1. The van der Waals surface area contributed by atoms with Crippen LogP contribution in [0, 0.1) is 0 Å². The molecule has 5 heteroatoms. The van der Waals surface area contributed by atoms with Crippen molar-refractivity contribution >= 4 is 27.2 Å². The highest BCUT2D eigenvalue weighted by molar-refractivity contribution is 7.92. The lowest BCUT2D eigenvalue weighted by Crippen LogP contribution is -2.23. The Morgan fingerprint density at radius 1 is 1.25 bits per heavy atom. The normalized spacial score (nSPS) is 11.8. The minimum atomic E-state index is -3.34. The van der Waals surface area contributed by atoms with Gasteiger partial charge in [0, 0.05) is 10.6 Å². The Kier molecular flexibility index (Phi) is 4.10. The second-order valence-corrected chi connectivity index (χ2v) is 6.78. The van der Waals surface area contributed by atoms with E-state index in [-0.39, 0.29) is 0 Å². The van der Waals surface area contributed by atoms with Crippen LogP contribution in [-0.2, 0) is 9.84 Å². The van der Waals surface area contributed by atoms with Crippen molar-refractivity contribution in [3.8, 4) is 0 Å². The average Bonchev–Trinajstić information content (AvgIpc) is 2.17. The minimum Gasteiger partial charge on any atom is -0.293 e. The summed E-state index contributed by atoms with van der Waals surface area (Å²) in [4.78, 5) is 11.7. The first-order valence-electron chi connectivity index (χ1n) is 4.83. The fraction of sp³-hybridized carbons (Fsp3) is 0.364. The van der Waals surface area contributed by atoms with Crippen molar-refractivity contribution in [2.75, 3.05) is 5.75 Å². The molecule has 0 amide bonds. The zero-order valence-electron chi connectivity index (χ0n) is 9.10. The van der Waals surface area contributed by atoms with Crippen molar-refractivity contribution in [1.29, 1.82) is 0 Å². The SMILES string of the molecule is CC(C)S(=O)(=O)CC(=O)c1ccc(Cl)cc1. The fourth-order valence-electron chi connectivity index (χ4n) is 1.07. The second kappa shape index (κ2) is 4.97. The Morgan fingerprint density at radius 3 is 2.19 bits per heavy atom. The number of rotatable bonds is 4. The quantitative estimate of drug-likeness (QED) is 0.781. The lowest BCUT2D eigenvalue weighted by Gasteiger charge is -2.06. The number of hydrogen-bond acceptors (Lipinski definition) is 3. The molecule has 1 aromatic carbocycles. The molecule has 0 aromatic heterocycles. The monoisotopic (exact) mass is 260 g/mol. The zero-order chi connectivity index (χ0) is 12.3. The van der Waals surface area contributed by atoms with Crippen molar-refractivity contribution in [1.82, 2.24) is 0 Å². The van der Waals surface area contributed by atoms with Crippen LogP contribution in [-0.4, -0.2) is 25.2 Å². The predicted octanol–water partition coefficient (Wildman–Crippen LogP) is 2.35.